The molecular formula is C21H27N3O4S2. The Balaban J connectivity index is 2.01. The van der Waals surface area contributed by atoms with Crippen LogP contribution in [-0.4, -0.2) is 25.5 Å². The molecule has 0 heterocycles. The second-order valence-corrected chi connectivity index (χ2v) is 9.59. The lowest BCUT2D eigenvalue weighted by atomic mass is 10.2. The highest BCUT2D eigenvalue weighted by molar-refractivity contribution is 8.00. The van der Waals surface area contributed by atoms with Gasteiger partial charge < -0.3 is 10.6 Å². The van der Waals surface area contributed by atoms with E-state index >= 15 is 0 Å². The lowest BCUT2D eigenvalue weighted by Gasteiger charge is -2.15. The van der Waals surface area contributed by atoms with Gasteiger partial charge >= 0.3 is 0 Å². The van der Waals surface area contributed by atoms with Gasteiger partial charge in [-0.3, -0.25) is 9.59 Å². The molecule has 30 heavy (non-hydrogen) atoms. The zero-order valence-corrected chi connectivity index (χ0v) is 18.7. The number of carbonyl (C=O) groups excluding carboxylic acids is 2. The fourth-order valence-corrected chi connectivity index (χ4v) is 4.17. The fourth-order valence-electron chi connectivity index (χ4n) is 2.65. The molecule has 0 bridgehead atoms. The number of carbonyl (C=O) groups is 2. The van der Waals surface area contributed by atoms with Crippen molar-refractivity contribution in [1.29, 1.82) is 0 Å². The monoisotopic (exact) mass is 449 g/mol. The summed E-state index contributed by atoms with van der Waals surface area (Å²) in [5, 5.41) is 10.4. The van der Waals surface area contributed by atoms with Gasteiger partial charge in [0.25, 0.3) is 0 Å². The molecule has 1 atom stereocenters. The van der Waals surface area contributed by atoms with Crippen LogP contribution >= 0.6 is 11.8 Å². The standard InChI is InChI=1S/C21H27N3O4S2/c1-3-5-9-20(25)23-16-7-6-8-17(14-16)29-19(4-2)21(26)24-15-10-12-18(13-11-15)30(22,27)28/h6-8,10-14,19H,3-5,9H2,1-2H3,(H,23,25)(H,24,26)(H2,22,27,28). The van der Waals surface area contributed by atoms with E-state index in [1.807, 2.05) is 38.1 Å². The van der Waals surface area contributed by atoms with Crippen LogP contribution in [0, 0.1) is 0 Å². The second kappa shape index (κ2) is 11.1. The smallest absolute Gasteiger partial charge is 0.238 e. The second-order valence-electron chi connectivity index (χ2n) is 6.75. The highest BCUT2D eigenvalue weighted by atomic mass is 32.2. The SMILES string of the molecule is CCCCC(=O)Nc1cccc(SC(CC)C(=O)Nc2ccc(S(N)(=O)=O)cc2)c1. The summed E-state index contributed by atoms with van der Waals surface area (Å²) in [5.41, 5.74) is 1.19. The minimum atomic E-state index is -3.77. The topological polar surface area (TPSA) is 118 Å². The Morgan fingerprint density at radius 1 is 1.03 bits per heavy atom. The van der Waals surface area contributed by atoms with E-state index in [1.54, 1.807) is 0 Å². The third-order valence-electron chi connectivity index (χ3n) is 4.27. The molecule has 0 radical (unpaired) electrons. The van der Waals surface area contributed by atoms with Crippen LogP contribution < -0.4 is 15.8 Å². The first-order chi connectivity index (χ1) is 14.2. The molecule has 4 N–H and O–H groups in total. The van der Waals surface area contributed by atoms with Gasteiger partial charge in [-0.05, 0) is 55.3 Å². The van der Waals surface area contributed by atoms with E-state index in [9.17, 15) is 18.0 Å². The largest absolute Gasteiger partial charge is 0.326 e. The molecule has 2 rings (SSSR count). The molecule has 2 aromatic rings. The number of rotatable bonds is 10. The van der Waals surface area contributed by atoms with Crippen molar-refractivity contribution in [3.8, 4) is 0 Å². The Labute approximate surface area is 181 Å². The number of sulfonamides is 1. The van der Waals surface area contributed by atoms with Gasteiger partial charge in [-0.25, -0.2) is 13.6 Å². The summed E-state index contributed by atoms with van der Waals surface area (Å²) in [6.07, 6.45) is 2.88. The maximum absolute atomic E-state index is 12.7. The Kier molecular flexibility index (Phi) is 8.88. The number of anilines is 2. The first-order valence-electron chi connectivity index (χ1n) is 9.73. The predicted molar refractivity (Wildman–Crippen MR) is 121 cm³/mol. The average Bonchev–Trinajstić information content (AvgIpc) is 2.70. The van der Waals surface area contributed by atoms with Crippen molar-refractivity contribution in [2.75, 3.05) is 10.6 Å². The van der Waals surface area contributed by atoms with Gasteiger partial charge in [0.05, 0.1) is 10.1 Å². The first-order valence-corrected chi connectivity index (χ1v) is 12.2. The summed E-state index contributed by atoms with van der Waals surface area (Å²) in [6.45, 7) is 3.95. The van der Waals surface area contributed by atoms with Crippen molar-refractivity contribution in [2.24, 2.45) is 5.14 Å². The summed E-state index contributed by atoms with van der Waals surface area (Å²) in [6, 6.07) is 13.1. The molecule has 0 saturated carbocycles. The highest BCUT2D eigenvalue weighted by Gasteiger charge is 2.19. The van der Waals surface area contributed by atoms with Crippen LogP contribution in [0.3, 0.4) is 0 Å². The minimum absolute atomic E-state index is 0.0142. The van der Waals surface area contributed by atoms with Crippen molar-refractivity contribution in [1.82, 2.24) is 0 Å². The number of hydrogen-bond donors (Lipinski definition) is 3. The van der Waals surface area contributed by atoms with Crippen LogP contribution in [0.1, 0.15) is 39.5 Å². The van der Waals surface area contributed by atoms with Gasteiger partial charge in [-0.15, -0.1) is 11.8 Å². The average molecular weight is 450 g/mol. The van der Waals surface area contributed by atoms with Crippen LogP contribution in [0.25, 0.3) is 0 Å². The van der Waals surface area contributed by atoms with Crippen molar-refractivity contribution < 1.29 is 18.0 Å². The van der Waals surface area contributed by atoms with Gasteiger partial charge in [-0.1, -0.05) is 26.3 Å². The van der Waals surface area contributed by atoms with E-state index in [0.717, 1.165) is 17.7 Å². The van der Waals surface area contributed by atoms with E-state index in [-0.39, 0.29) is 22.0 Å². The molecule has 162 valence electrons. The van der Waals surface area contributed by atoms with Gasteiger partial charge in [0.2, 0.25) is 21.8 Å². The van der Waals surface area contributed by atoms with E-state index in [0.29, 0.717) is 24.2 Å². The normalized spacial score (nSPS) is 12.2. The van der Waals surface area contributed by atoms with Crippen molar-refractivity contribution >= 4 is 45.0 Å². The van der Waals surface area contributed by atoms with Crippen molar-refractivity contribution in [3.05, 3.63) is 48.5 Å². The molecule has 1 unspecified atom stereocenters. The fraction of sp³-hybridized carbons (Fsp3) is 0.333. The zero-order chi connectivity index (χ0) is 22.1. The summed E-state index contributed by atoms with van der Waals surface area (Å²) < 4.78 is 22.7. The van der Waals surface area contributed by atoms with E-state index in [1.165, 1.54) is 36.0 Å². The molecule has 9 heteroatoms. The minimum Gasteiger partial charge on any atom is -0.326 e. The molecule has 0 aliphatic rings. The molecule has 0 spiro atoms. The first kappa shape index (κ1) is 23.9. The Bertz CT molecular complexity index is 976. The molecule has 0 fully saturated rings. The van der Waals surface area contributed by atoms with Gasteiger partial charge in [0.1, 0.15) is 0 Å². The quantitative estimate of drug-likeness (QED) is 0.474. The van der Waals surface area contributed by atoms with E-state index in [4.69, 9.17) is 5.14 Å². The number of benzene rings is 2. The number of hydrogen-bond acceptors (Lipinski definition) is 5. The summed E-state index contributed by atoms with van der Waals surface area (Å²) in [7, 11) is -3.77. The Hall–Kier alpha value is -2.36. The molecule has 0 aliphatic carbocycles. The van der Waals surface area contributed by atoms with Gasteiger partial charge in [0, 0.05) is 22.7 Å². The Morgan fingerprint density at radius 2 is 1.73 bits per heavy atom. The van der Waals surface area contributed by atoms with Crippen LogP contribution in [0.4, 0.5) is 11.4 Å². The van der Waals surface area contributed by atoms with Crippen LogP contribution in [0.15, 0.2) is 58.3 Å². The molecule has 0 aromatic heterocycles. The molecule has 2 amide bonds. The van der Waals surface area contributed by atoms with Gasteiger partial charge in [0.15, 0.2) is 0 Å². The third-order valence-corrected chi connectivity index (χ3v) is 6.55. The Morgan fingerprint density at radius 3 is 2.33 bits per heavy atom. The van der Waals surface area contributed by atoms with Crippen molar-refractivity contribution in [2.45, 2.75) is 54.6 Å². The third kappa shape index (κ3) is 7.47. The number of unbranched alkanes of at least 4 members (excludes halogenated alkanes) is 1. The number of nitrogens with one attached hydrogen (secondary N) is 2. The summed E-state index contributed by atoms with van der Waals surface area (Å²) in [5.74, 6) is -0.213. The van der Waals surface area contributed by atoms with E-state index in [2.05, 4.69) is 10.6 Å². The van der Waals surface area contributed by atoms with Crippen molar-refractivity contribution in [3.63, 3.8) is 0 Å². The maximum Gasteiger partial charge on any atom is 0.238 e. The number of nitrogens with two attached hydrogens (primary N) is 1. The zero-order valence-electron chi connectivity index (χ0n) is 17.1. The molecule has 0 saturated heterocycles. The van der Waals surface area contributed by atoms with E-state index < -0.39 is 10.0 Å². The molecule has 7 nitrogen and oxygen atoms in total. The predicted octanol–water partition coefficient (Wildman–Crippen LogP) is 3.97. The lowest BCUT2D eigenvalue weighted by molar-refractivity contribution is -0.116. The summed E-state index contributed by atoms with van der Waals surface area (Å²) >= 11 is 1.40. The van der Waals surface area contributed by atoms with Crippen LogP contribution in [0.2, 0.25) is 0 Å². The molecule has 2 aromatic carbocycles. The lowest BCUT2D eigenvalue weighted by Crippen LogP contribution is -2.24. The number of amides is 2. The van der Waals surface area contributed by atoms with Crippen LogP contribution in [0.5, 0.6) is 0 Å². The number of thioether (sulfide) groups is 1. The van der Waals surface area contributed by atoms with Crippen LogP contribution in [-0.2, 0) is 19.6 Å². The molecular weight excluding hydrogens is 422 g/mol. The number of primary sulfonamides is 1. The summed E-state index contributed by atoms with van der Waals surface area (Å²) in [4.78, 5) is 25.5. The van der Waals surface area contributed by atoms with Gasteiger partial charge in [-0.2, -0.15) is 0 Å². The maximum atomic E-state index is 12.7. The highest BCUT2D eigenvalue weighted by Crippen LogP contribution is 2.28. The molecule has 0 aliphatic heterocycles.